The van der Waals surface area contributed by atoms with Crippen molar-refractivity contribution in [3.05, 3.63) is 64.4 Å². The average molecular weight is 426 g/mol. The third-order valence-corrected chi connectivity index (χ3v) is 5.01. The molecule has 1 aliphatic rings. The van der Waals surface area contributed by atoms with Crippen molar-refractivity contribution in [3.8, 4) is 11.5 Å². The number of nitrogens with zero attached hydrogens (tertiary/aromatic N) is 3. The van der Waals surface area contributed by atoms with Crippen LogP contribution < -0.4 is 14.8 Å². The van der Waals surface area contributed by atoms with Crippen LogP contribution in [0.1, 0.15) is 47.6 Å². The smallest absolute Gasteiger partial charge is 0.251 e. The molecule has 0 unspecified atom stereocenters. The minimum Gasteiger partial charge on any atom is -0.490 e. The molecule has 1 aliphatic carbocycles. The zero-order chi connectivity index (χ0) is 20.9. The van der Waals surface area contributed by atoms with E-state index in [2.05, 4.69) is 20.5 Å². The number of hydrogen-bond donors (Lipinski definition) is 2. The number of aromatic amines is 1. The molecule has 0 aliphatic heterocycles. The third-order valence-electron chi connectivity index (χ3n) is 4.72. The number of carbonyl (C=O) groups excluding carboxylic acids is 1. The summed E-state index contributed by atoms with van der Waals surface area (Å²) in [6, 6.07) is 9.34. The fraction of sp³-hybridized carbons (Fsp3) is 0.333. The minimum atomic E-state index is -0.217. The molecule has 0 bridgehead atoms. The number of carbonyl (C=O) groups is 1. The number of amides is 1. The van der Waals surface area contributed by atoms with Gasteiger partial charge in [-0.15, -0.1) is 0 Å². The maximum absolute atomic E-state index is 12.7. The molecule has 0 saturated heterocycles. The van der Waals surface area contributed by atoms with E-state index in [9.17, 15) is 4.79 Å². The summed E-state index contributed by atoms with van der Waals surface area (Å²) in [5.74, 6) is 1.62. The van der Waals surface area contributed by atoms with Crippen LogP contribution in [0.2, 0.25) is 0 Å². The summed E-state index contributed by atoms with van der Waals surface area (Å²) >= 11 is 5.28. The number of ether oxygens (including phenoxy) is 2. The van der Waals surface area contributed by atoms with Crippen LogP contribution in [0.4, 0.5) is 0 Å². The molecule has 1 saturated carbocycles. The first-order valence-corrected chi connectivity index (χ1v) is 10.3. The van der Waals surface area contributed by atoms with Crippen molar-refractivity contribution in [3.63, 3.8) is 0 Å². The Hall–Kier alpha value is -3.20. The van der Waals surface area contributed by atoms with Gasteiger partial charge in [0.05, 0.1) is 13.2 Å². The van der Waals surface area contributed by atoms with Crippen LogP contribution in [-0.2, 0) is 13.2 Å². The lowest BCUT2D eigenvalue weighted by molar-refractivity contribution is 0.0949. The van der Waals surface area contributed by atoms with E-state index in [0.29, 0.717) is 47.6 Å². The molecule has 0 atom stereocenters. The zero-order valence-electron chi connectivity index (χ0n) is 16.6. The first-order valence-electron chi connectivity index (χ1n) is 9.88. The van der Waals surface area contributed by atoms with Gasteiger partial charge in [-0.2, -0.15) is 5.10 Å². The molecular weight excluding hydrogens is 402 g/mol. The summed E-state index contributed by atoms with van der Waals surface area (Å²) in [5.41, 5.74) is 1.44. The van der Waals surface area contributed by atoms with Gasteiger partial charge in [0.2, 0.25) is 0 Å². The fourth-order valence-corrected chi connectivity index (χ4v) is 3.41. The van der Waals surface area contributed by atoms with Gasteiger partial charge in [0.25, 0.3) is 5.91 Å². The molecule has 0 spiro atoms. The summed E-state index contributed by atoms with van der Waals surface area (Å²) in [6.07, 6.45) is 5.65. The molecule has 156 valence electrons. The van der Waals surface area contributed by atoms with E-state index in [4.69, 9.17) is 21.7 Å². The Morgan fingerprint density at radius 3 is 2.90 bits per heavy atom. The molecule has 1 amide bonds. The molecule has 30 heavy (non-hydrogen) atoms. The van der Waals surface area contributed by atoms with Crippen LogP contribution in [0.25, 0.3) is 0 Å². The average Bonchev–Trinajstić information content (AvgIpc) is 3.54. The van der Waals surface area contributed by atoms with E-state index < -0.39 is 0 Å². The molecule has 1 aromatic carbocycles. The van der Waals surface area contributed by atoms with Crippen molar-refractivity contribution >= 4 is 18.1 Å². The Morgan fingerprint density at radius 1 is 1.30 bits per heavy atom. The Morgan fingerprint density at radius 2 is 2.17 bits per heavy atom. The lowest BCUT2D eigenvalue weighted by Crippen LogP contribution is -2.24. The lowest BCUT2D eigenvalue weighted by atomic mass is 10.2. The van der Waals surface area contributed by atoms with Gasteiger partial charge in [0.1, 0.15) is 6.61 Å². The first kappa shape index (κ1) is 20.1. The number of pyridine rings is 1. The topological polar surface area (TPSA) is 94.1 Å². The van der Waals surface area contributed by atoms with Crippen molar-refractivity contribution in [1.29, 1.82) is 0 Å². The van der Waals surface area contributed by atoms with E-state index in [1.165, 1.54) is 0 Å². The zero-order valence-corrected chi connectivity index (χ0v) is 17.4. The largest absolute Gasteiger partial charge is 0.490 e. The molecular formula is C21H23N5O3S. The van der Waals surface area contributed by atoms with Gasteiger partial charge in [0, 0.05) is 29.6 Å². The van der Waals surface area contributed by atoms with Crippen LogP contribution in [0, 0.1) is 4.77 Å². The monoisotopic (exact) mass is 425 g/mol. The van der Waals surface area contributed by atoms with Gasteiger partial charge in [0.15, 0.2) is 22.1 Å². The van der Waals surface area contributed by atoms with Crippen molar-refractivity contribution in [2.24, 2.45) is 0 Å². The van der Waals surface area contributed by atoms with Gasteiger partial charge in [-0.1, -0.05) is 6.07 Å². The Balaban J connectivity index is 1.43. The lowest BCUT2D eigenvalue weighted by Gasteiger charge is -2.13. The van der Waals surface area contributed by atoms with E-state index >= 15 is 0 Å². The van der Waals surface area contributed by atoms with Gasteiger partial charge in [-0.25, -0.2) is 0 Å². The van der Waals surface area contributed by atoms with Gasteiger partial charge < -0.3 is 14.8 Å². The quantitative estimate of drug-likeness (QED) is 0.509. The summed E-state index contributed by atoms with van der Waals surface area (Å²) in [7, 11) is 0. The van der Waals surface area contributed by atoms with Crippen LogP contribution >= 0.6 is 12.2 Å². The Kier molecular flexibility index (Phi) is 6.08. The summed E-state index contributed by atoms with van der Waals surface area (Å²) in [5, 5.41) is 9.95. The Bertz CT molecular complexity index is 1080. The molecule has 0 radical (unpaired) electrons. The number of aromatic nitrogens is 4. The highest BCUT2D eigenvalue weighted by atomic mass is 32.1. The second-order valence-corrected chi connectivity index (χ2v) is 7.36. The number of H-pyrrole nitrogens is 1. The molecule has 2 aromatic heterocycles. The summed E-state index contributed by atoms with van der Waals surface area (Å²) in [6.45, 7) is 3.01. The van der Waals surface area contributed by atoms with Gasteiger partial charge >= 0.3 is 0 Å². The highest BCUT2D eigenvalue weighted by Gasteiger charge is 2.27. The highest BCUT2D eigenvalue weighted by molar-refractivity contribution is 7.71. The molecule has 3 aromatic rings. The third kappa shape index (κ3) is 4.68. The highest BCUT2D eigenvalue weighted by Crippen LogP contribution is 2.35. The van der Waals surface area contributed by atoms with E-state index in [0.717, 1.165) is 24.2 Å². The summed E-state index contributed by atoms with van der Waals surface area (Å²) in [4.78, 5) is 16.8. The molecule has 1 fully saturated rings. The van der Waals surface area contributed by atoms with Crippen LogP contribution in [0.15, 0.2) is 42.7 Å². The molecule has 8 nitrogen and oxygen atoms in total. The van der Waals surface area contributed by atoms with Crippen molar-refractivity contribution in [1.82, 2.24) is 25.1 Å². The van der Waals surface area contributed by atoms with E-state index in [-0.39, 0.29) is 5.91 Å². The number of nitrogens with one attached hydrogen (secondary N) is 2. The number of benzene rings is 1. The Labute approximate surface area is 179 Å². The SMILES string of the molecule is CCOc1cc(C(=O)NCc2n[nH]c(=S)n2C2CC2)ccc1OCc1cccnc1. The fourth-order valence-electron chi connectivity index (χ4n) is 3.11. The second-order valence-electron chi connectivity index (χ2n) is 6.97. The van der Waals surface area contributed by atoms with Crippen LogP contribution in [0.3, 0.4) is 0 Å². The van der Waals surface area contributed by atoms with E-state index in [1.54, 1.807) is 30.6 Å². The predicted octanol–water partition coefficient (Wildman–Crippen LogP) is 3.58. The first-order chi connectivity index (χ1) is 14.7. The van der Waals surface area contributed by atoms with Crippen LogP contribution in [0.5, 0.6) is 11.5 Å². The van der Waals surface area contributed by atoms with Crippen molar-refractivity contribution < 1.29 is 14.3 Å². The van der Waals surface area contributed by atoms with Crippen molar-refractivity contribution in [2.75, 3.05) is 6.61 Å². The molecule has 4 rings (SSSR count). The maximum atomic E-state index is 12.7. The van der Waals surface area contributed by atoms with Gasteiger partial charge in [-0.3, -0.25) is 19.4 Å². The van der Waals surface area contributed by atoms with Gasteiger partial charge in [-0.05, 0) is 56.2 Å². The predicted molar refractivity (Wildman–Crippen MR) is 113 cm³/mol. The molecule has 2 N–H and O–H groups in total. The number of hydrogen-bond acceptors (Lipinski definition) is 6. The van der Waals surface area contributed by atoms with Crippen molar-refractivity contribution in [2.45, 2.75) is 39.0 Å². The van der Waals surface area contributed by atoms with Crippen LogP contribution in [-0.4, -0.2) is 32.3 Å². The standard InChI is InChI=1S/C21H23N5O3S/c1-2-28-18-10-15(5-8-17(18)29-13-14-4-3-9-22-11-14)20(27)23-12-19-24-25-21(30)26(19)16-6-7-16/h3-5,8-11,16H,2,6-7,12-13H2,1H3,(H,23,27)(H,25,30). The maximum Gasteiger partial charge on any atom is 0.251 e. The van der Waals surface area contributed by atoms with E-state index in [1.807, 2.05) is 23.6 Å². The summed E-state index contributed by atoms with van der Waals surface area (Å²) < 4.78 is 14.1. The normalized spacial score (nSPS) is 13.1. The molecule has 9 heteroatoms. The minimum absolute atomic E-state index is 0.217. The number of rotatable bonds is 9. The second kappa shape index (κ2) is 9.08. The molecule has 2 heterocycles.